The quantitative estimate of drug-likeness (QED) is 0.349. The summed E-state index contributed by atoms with van der Waals surface area (Å²) >= 11 is 0. The molecule has 0 fully saturated rings. The summed E-state index contributed by atoms with van der Waals surface area (Å²) in [6.07, 6.45) is 6.59. The van der Waals surface area contributed by atoms with Gasteiger partial charge >= 0.3 is 0 Å². The predicted molar refractivity (Wildman–Crippen MR) is 111 cm³/mol. The van der Waals surface area contributed by atoms with Crippen LogP contribution in [0.15, 0.2) is 71.7 Å². The first kappa shape index (κ1) is 18.1. The van der Waals surface area contributed by atoms with Crippen molar-refractivity contribution in [3.05, 3.63) is 77.9 Å². The zero-order valence-electron chi connectivity index (χ0n) is 15.5. The molecule has 136 valence electrons. The van der Waals surface area contributed by atoms with Crippen molar-refractivity contribution in [2.24, 2.45) is 4.99 Å². The number of aliphatic imine (C=N–C) groups is 1. The summed E-state index contributed by atoms with van der Waals surface area (Å²) < 4.78 is 0. The largest absolute Gasteiger partial charge is 0.364 e. The minimum atomic E-state index is 0.775. The molecule has 0 atom stereocenters. The first-order chi connectivity index (χ1) is 12.8. The van der Waals surface area contributed by atoms with Gasteiger partial charge in [-0.15, -0.1) is 0 Å². The van der Waals surface area contributed by atoms with Crippen molar-refractivity contribution in [2.75, 3.05) is 31.6 Å². The maximum atomic E-state index is 4.31. The lowest BCUT2D eigenvalue weighted by molar-refractivity contribution is 0.742. The Morgan fingerprint density at radius 2 is 1.65 bits per heavy atom. The van der Waals surface area contributed by atoms with Crippen LogP contribution in [0.2, 0.25) is 0 Å². The highest BCUT2D eigenvalue weighted by atomic mass is 15.2. The fraction of sp³-hybridized carbons (Fsp3) is 0.318. The summed E-state index contributed by atoms with van der Waals surface area (Å²) in [6.45, 7) is 3.71. The van der Waals surface area contributed by atoms with E-state index in [9.17, 15) is 0 Å². The van der Waals surface area contributed by atoms with Crippen LogP contribution in [0.25, 0.3) is 0 Å². The van der Waals surface area contributed by atoms with Gasteiger partial charge in [-0.1, -0.05) is 54.6 Å². The van der Waals surface area contributed by atoms with Gasteiger partial charge in [-0.25, -0.2) is 0 Å². The second-order valence-corrected chi connectivity index (χ2v) is 6.48. The van der Waals surface area contributed by atoms with Crippen molar-refractivity contribution in [3.8, 4) is 0 Å². The van der Waals surface area contributed by atoms with Crippen LogP contribution in [-0.2, 0) is 13.0 Å². The summed E-state index contributed by atoms with van der Waals surface area (Å²) in [5, 5.41) is 6.77. The molecule has 0 unspecified atom stereocenters. The topological polar surface area (TPSA) is 39.7 Å². The fourth-order valence-electron chi connectivity index (χ4n) is 3.06. The lowest BCUT2D eigenvalue weighted by Gasteiger charge is -2.18. The molecule has 0 saturated heterocycles. The third-order valence-electron chi connectivity index (χ3n) is 4.58. The first-order valence-corrected chi connectivity index (χ1v) is 9.32. The van der Waals surface area contributed by atoms with Crippen LogP contribution in [-0.4, -0.2) is 32.6 Å². The molecular weight excluding hydrogens is 320 g/mol. The molecule has 3 rings (SSSR count). The number of hydrogen-bond donors (Lipinski definition) is 2. The van der Waals surface area contributed by atoms with E-state index in [-0.39, 0.29) is 0 Å². The van der Waals surface area contributed by atoms with Gasteiger partial charge in [-0.05, 0) is 36.1 Å². The van der Waals surface area contributed by atoms with Crippen LogP contribution in [0.4, 0.5) is 5.69 Å². The Balaban J connectivity index is 1.38. The summed E-state index contributed by atoms with van der Waals surface area (Å²) in [6, 6.07) is 19.3. The molecule has 2 aromatic carbocycles. The fourth-order valence-corrected chi connectivity index (χ4v) is 3.06. The minimum absolute atomic E-state index is 0.775. The molecule has 1 aliphatic heterocycles. The number of aryl methyl sites for hydroxylation is 1. The Kier molecular flexibility index (Phi) is 6.71. The van der Waals surface area contributed by atoms with Gasteiger partial charge in [0.25, 0.3) is 0 Å². The van der Waals surface area contributed by atoms with E-state index in [2.05, 4.69) is 87.3 Å². The summed E-state index contributed by atoms with van der Waals surface area (Å²) in [4.78, 5) is 6.66. The normalized spacial score (nSPS) is 13.9. The molecule has 0 spiro atoms. The van der Waals surface area contributed by atoms with E-state index in [1.165, 1.54) is 16.8 Å². The van der Waals surface area contributed by atoms with Crippen molar-refractivity contribution in [3.63, 3.8) is 0 Å². The summed E-state index contributed by atoms with van der Waals surface area (Å²) in [5.41, 5.74) is 3.92. The number of anilines is 1. The summed E-state index contributed by atoms with van der Waals surface area (Å²) in [5.74, 6) is 0.853. The lowest BCUT2D eigenvalue weighted by atomic mass is 10.1. The standard InChI is InChI=1S/C22H28N4/c1-23-22(24-15-7-10-19-8-3-2-4-9-19)25-18-20-11-13-21(14-12-20)26-16-5-6-17-26/h2-6,8-9,11-14H,7,10,15-18H2,1H3,(H2,23,24,25). The van der Waals surface area contributed by atoms with E-state index in [4.69, 9.17) is 0 Å². The average molecular weight is 348 g/mol. The molecule has 2 aromatic rings. The lowest BCUT2D eigenvalue weighted by Crippen LogP contribution is -2.37. The highest BCUT2D eigenvalue weighted by molar-refractivity contribution is 5.79. The Morgan fingerprint density at radius 1 is 0.923 bits per heavy atom. The van der Waals surface area contributed by atoms with Crippen LogP contribution < -0.4 is 15.5 Å². The Morgan fingerprint density at radius 3 is 2.35 bits per heavy atom. The van der Waals surface area contributed by atoms with Crippen molar-refractivity contribution < 1.29 is 0 Å². The molecule has 0 saturated carbocycles. The van der Waals surface area contributed by atoms with Crippen molar-refractivity contribution in [1.82, 2.24) is 10.6 Å². The Bertz CT molecular complexity index is 712. The zero-order valence-corrected chi connectivity index (χ0v) is 15.5. The molecule has 1 aliphatic rings. The molecule has 26 heavy (non-hydrogen) atoms. The van der Waals surface area contributed by atoms with Crippen LogP contribution >= 0.6 is 0 Å². The molecule has 0 amide bonds. The van der Waals surface area contributed by atoms with Crippen LogP contribution in [0.3, 0.4) is 0 Å². The van der Waals surface area contributed by atoms with Crippen LogP contribution in [0.1, 0.15) is 17.5 Å². The molecule has 1 heterocycles. The van der Waals surface area contributed by atoms with Crippen molar-refractivity contribution in [1.29, 1.82) is 0 Å². The third kappa shape index (κ3) is 5.38. The van der Waals surface area contributed by atoms with Gasteiger partial charge < -0.3 is 15.5 Å². The molecule has 2 N–H and O–H groups in total. The number of nitrogens with zero attached hydrogens (tertiary/aromatic N) is 2. The molecular formula is C22H28N4. The van der Waals surface area contributed by atoms with E-state index in [1.54, 1.807) is 0 Å². The van der Waals surface area contributed by atoms with Crippen LogP contribution in [0, 0.1) is 0 Å². The molecule has 0 bridgehead atoms. The number of nitrogens with one attached hydrogen (secondary N) is 2. The van der Waals surface area contributed by atoms with Gasteiger partial charge in [0.2, 0.25) is 0 Å². The molecule has 0 aromatic heterocycles. The summed E-state index contributed by atoms with van der Waals surface area (Å²) in [7, 11) is 1.82. The van der Waals surface area contributed by atoms with Crippen molar-refractivity contribution in [2.45, 2.75) is 19.4 Å². The van der Waals surface area contributed by atoms with E-state index in [1.807, 2.05) is 7.05 Å². The number of hydrogen-bond acceptors (Lipinski definition) is 2. The maximum absolute atomic E-state index is 4.31. The minimum Gasteiger partial charge on any atom is -0.364 e. The highest BCUT2D eigenvalue weighted by Gasteiger charge is 2.07. The van der Waals surface area contributed by atoms with E-state index in [0.29, 0.717) is 0 Å². The Labute approximate surface area is 156 Å². The van der Waals surface area contributed by atoms with Gasteiger partial charge in [0.05, 0.1) is 0 Å². The molecule has 0 aliphatic carbocycles. The molecule has 4 nitrogen and oxygen atoms in total. The first-order valence-electron chi connectivity index (χ1n) is 9.32. The monoisotopic (exact) mass is 348 g/mol. The number of benzene rings is 2. The number of rotatable bonds is 7. The van der Waals surface area contributed by atoms with Gasteiger partial charge in [0.15, 0.2) is 5.96 Å². The SMILES string of the molecule is CN=C(NCCCc1ccccc1)NCc1ccc(N2CC=CC2)cc1. The van der Waals surface area contributed by atoms with E-state index >= 15 is 0 Å². The smallest absolute Gasteiger partial charge is 0.191 e. The third-order valence-corrected chi connectivity index (χ3v) is 4.58. The van der Waals surface area contributed by atoms with E-state index in [0.717, 1.165) is 45.0 Å². The van der Waals surface area contributed by atoms with Gasteiger partial charge in [0, 0.05) is 38.9 Å². The second kappa shape index (κ2) is 9.66. The molecule has 0 radical (unpaired) electrons. The molecule has 4 heteroatoms. The predicted octanol–water partition coefficient (Wildman–Crippen LogP) is 3.36. The van der Waals surface area contributed by atoms with Gasteiger partial charge in [-0.2, -0.15) is 0 Å². The highest BCUT2D eigenvalue weighted by Crippen LogP contribution is 2.17. The van der Waals surface area contributed by atoms with Crippen molar-refractivity contribution >= 4 is 11.6 Å². The van der Waals surface area contributed by atoms with Gasteiger partial charge in [-0.3, -0.25) is 4.99 Å². The number of guanidine groups is 1. The maximum Gasteiger partial charge on any atom is 0.191 e. The van der Waals surface area contributed by atoms with E-state index < -0.39 is 0 Å². The zero-order chi connectivity index (χ0) is 18.0. The Hall–Kier alpha value is -2.75. The average Bonchev–Trinajstić information content (AvgIpc) is 3.23. The second-order valence-electron chi connectivity index (χ2n) is 6.48. The van der Waals surface area contributed by atoms with Crippen LogP contribution in [0.5, 0.6) is 0 Å². The van der Waals surface area contributed by atoms with Gasteiger partial charge in [0.1, 0.15) is 0 Å².